The van der Waals surface area contributed by atoms with Crippen LogP contribution in [0.1, 0.15) is 21.5 Å². The zero-order chi connectivity index (χ0) is 15.6. The number of benzene rings is 2. The predicted octanol–water partition coefficient (Wildman–Crippen LogP) is 3.29. The van der Waals surface area contributed by atoms with Crippen LogP contribution in [-0.4, -0.2) is 13.0 Å². The van der Waals surface area contributed by atoms with Gasteiger partial charge in [0.1, 0.15) is 11.6 Å². The van der Waals surface area contributed by atoms with Gasteiger partial charge in [0.15, 0.2) is 0 Å². The van der Waals surface area contributed by atoms with E-state index in [0.29, 0.717) is 22.7 Å². The number of hydrogen-bond acceptors (Lipinski definition) is 3. The topological polar surface area (TPSA) is 64.3 Å². The molecular formula is C16H17FN2O2. The normalized spacial score (nSPS) is 10.3. The number of nitrogens with one attached hydrogen (secondary N) is 1. The van der Waals surface area contributed by atoms with Crippen LogP contribution < -0.4 is 15.8 Å². The fraction of sp³-hybridized carbons (Fsp3) is 0.188. The molecule has 3 N–H and O–H groups in total. The van der Waals surface area contributed by atoms with E-state index >= 15 is 0 Å². The molecule has 0 aliphatic heterocycles. The van der Waals surface area contributed by atoms with Crippen LogP contribution in [0.3, 0.4) is 0 Å². The number of halogens is 1. The fourth-order valence-electron chi connectivity index (χ4n) is 2.06. The van der Waals surface area contributed by atoms with Crippen molar-refractivity contribution in [2.45, 2.75) is 13.8 Å². The van der Waals surface area contributed by atoms with Crippen LogP contribution in [-0.2, 0) is 0 Å². The predicted molar refractivity (Wildman–Crippen MR) is 81.2 cm³/mol. The number of aryl methyl sites for hydroxylation is 2. The summed E-state index contributed by atoms with van der Waals surface area (Å²) in [5, 5.41) is 2.68. The molecule has 0 radical (unpaired) electrons. The third-order valence-electron chi connectivity index (χ3n) is 3.20. The van der Waals surface area contributed by atoms with Crippen molar-refractivity contribution in [2.75, 3.05) is 18.2 Å². The number of ether oxygens (including phenoxy) is 1. The Balaban J connectivity index is 2.30. The van der Waals surface area contributed by atoms with E-state index in [1.807, 2.05) is 6.92 Å². The molecule has 110 valence electrons. The molecule has 0 bridgehead atoms. The molecule has 0 aliphatic carbocycles. The summed E-state index contributed by atoms with van der Waals surface area (Å²) in [5.41, 5.74) is 7.71. The maximum absolute atomic E-state index is 14.0. The van der Waals surface area contributed by atoms with E-state index in [4.69, 9.17) is 10.5 Å². The van der Waals surface area contributed by atoms with E-state index in [-0.39, 0.29) is 5.56 Å². The summed E-state index contributed by atoms with van der Waals surface area (Å²) in [4.78, 5) is 12.2. The molecule has 2 aromatic carbocycles. The standard InChI is InChI=1S/C16H17FN2O2/c1-9-7-12(21-3)4-5-14(9)19-16(20)13-8-11(18)6-10(2)15(13)17/h4-8H,18H2,1-3H3,(H,19,20). The van der Waals surface area contributed by atoms with E-state index in [9.17, 15) is 9.18 Å². The Morgan fingerprint density at radius 3 is 2.52 bits per heavy atom. The smallest absolute Gasteiger partial charge is 0.258 e. The van der Waals surface area contributed by atoms with Crippen molar-refractivity contribution in [1.29, 1.82) is 0 Å². The van der Waals surface area contributed by atoms with E-state index in [0.717, 1.165) is 5.56 Å². The number of carbonyl (C=O) groups excluding carboxylic acids is 1. The maximum Gasteiger partial charge on any atom is 0.258 e. The zero-order valence-corrected chi connectivity index (χ0v) is 12.2. The molecule has 2 rings (SSSR count). The molecule has 0 unspecified atom stereocenters. The minimum Gasteiger partial charge on any atom is -0.497 e. The van der Waals surface area contributed by atoms with Crippen molar-refractivity contribution < 1.29 is 13.9 Å². The Kier molecular flexibility index (Phi) is 4.12. The van der Waals surface area contributed by atoms with E-state index in [2.05, 4.69) is 5.32 Å². The van der Waals surface area contributed by atoms with Crippen molar-refractivity contribution in [3.05, 3.63) is 52.8 Å². The number of rotatable bonds is 3. The number of carbonyl (C=O) groups is 1. The van der Waals surface area contributed by atoms with Gasteiger partial charge in [-0.15, -0.1) is 0 Å². The monoisotopic (exact) mass is 288 g/mol. The Morgan fingerprint density at radius 2 is 1.90 bits per heavy atom. The van der Waals surface area contributed by atoms with Crippen LogP contribution in [0.2, 0.25) is 0 Å². The van der Waals surface area contributed by atoms with Crippen LogP contribution in [0.25, 0.3) is 0 Å². The molecule has 0 aliphatic rings. The summed E-state index contributed by atoms with van der Waals surface area (Å²) in [6.07, 6.45) is 0. The molecular weight excluding hydrogens is 271 g/mol. The number of anilines is 2. The lowest BCUT2D eigenvalue weighted by Crippen LogP contribution is -2.15. The summed E-state index contributed by atoms with van der Waals surface area (Å²) in [7, 11) is 1.57. The SMILES string of the molecule is COc1ccc(NC(=O)c2cc(N)cc(C)c2F)c(C)c1. The first-order valence-corrected chi connectivity index (χ1v) is 6.44. The van der Waals surface area contributed by atoms with Gasteiger partial charge in [0, 0.05) is 11.4 Å². The van der Waals surface area contributed by atoms with Crippen LogP contribution in [0, 0.1) is 19.7 Å². The third-order valence-corrected chi connectivity index (χ3v) is 3.20. The van der Waals surface area contributed by atoms with Gasteiger partial charge in [-0.2, -0.15) is 0 Å². The lowest BCUT2D eigenvalue weighted by atomic mass is 10.1. The Hall–Kier alpha value is -2.56. The molecule has 0 saturated heterocycles. The summed E-state index contributed by atoms with van der Waals surface area (Å²) in [5.74, 6) is -0.402. The van der Waals surface area contributed by atoms with E-state index in [1.54, 1.807) is 32.2 Å². The zero-order valence-electron chi connectivity index (χ0n) is 12.2. The molecule has 0 heterocycles. The summed E-state index contributed by atoms with van der Waals surface area (Å²) < 4.78 is 19.1. The first-order valence-electron chi connectivity index (χ1n) is 6.44. The lowest BCUT2D eigenvalue weighted by Gasteiger charge is -2.11. The van der Waals surface area contributed by atoms with Gasteiger partial charge in [-0.05, 0) is 55.3 Å². The summed E-state index contributed by atoms with van der Waals surface area (Å²) in [6, 6.07) is 8.05. The molecule has 0 aromatic heterocycles. The van der Waals surface area contributed by atoms with Crippen molar-refractivity contribution in [2.24, 2.45) is 0 Å². The van der Waals surface area contributed by atoms with Crippen molar-refractivity contribution in [3.8, 4) is 5.75 Å². The highest BCUT2D eigenvalue weighted by Gasteiger charge is 2.15. The molecule has 4 nitrogen and oxygen atoms in total. The number of amides is 1. The van der Waals surface area contributed by atoms with Gasteiger partial charge in [-0.3, -0.25) is 4.79 Å². The second-order valence-corrected chi connectivity index (χ2v) is 4.83. The molecule has 0 fully saturated rings. The average Bonchev–Trinajstić information content (AvgIpc) is 2.44. The summed E-state index contributed by atoms with van der Waals surface area (Å²) >= 11 is 0. The number of nitrogens with two attached hydrogens (primary N) is 1. The number of nitrogen functional groups attached to an aromatic ring is 1. The molecule has 0 saturated carbocycles. The number of methoxy groups -OCH3 is 1. The molecule has 0 spiro atoms. The minimum atomic E-state index is -0.562. The molecule has 1 amide bonds. The first-order chi connectivity index (χ1) is 9.92. The molecule has 2 aromatic rings. The summed E-state index contributed by atoms with van der Waals surface area (Å²) in [6.45, 7) is 3.40. The number of hydrogen-bond donors (Lipinski definition) is 2. The lowest BCUT2D eigenvalue weighted by molar-refractivity contribution is 0.102. The quantitative estimate of drug-likeness (QED) is 0.852. The largest absolute Gasteiger partial charge is 0.497 e. The maximum atomic E-state index is 14.0. The Bertz CT molecular complexity index is 699. The first kappa shape index (κ1) is 14.8. The van der Waals surface area contributed by atoms with Crippen LogP contribution in [0.4, 0.5) is 15.8 Å². The molecule has 5 heteroatoms. The highest BCUT2D eigenvalue weighted by atomic mass is 19.1. The van der Waals surface area contributed by atoms with Gasteiger partial charge in [0.25, 0.3) is 5.91 Å². The average molecular weight is 288 g/mol. The second kappa shape index (κ2) is 5.83. The molecule has 21 heavy (non-hydrogen) atoms. The molecule has 0 atom stereocenters. The van der Waals surface area contributed by atoms with Gasteiger partial charge in [0.2, 0.25) is 0 Å². The highest BCUT2D eigenvalue weighted by molar-refractivity contribution is 6.05. The van der Waals surface area contributed by atoms with Crippen LogP contribution in [0.5, 0.6) is 5.75 Å². The van der Waals surface area contributed by atoms with E-state index in [1.165, 1.54) is 12.1 Å². The van der Waals surface area contributed by atoms with Crippen molar-refractivity contribution in [1.82, 2.24) is 0 Å². The highest BCUT2D eigenvalue weighted by Crippen LogP contribution is 2.23. The van der Waals surface area contributed by atoms with Gasteiger partial charge >= 0.3 is 0 Å². The fourth-order valence-corrected chi connectivity index (χ4v) is 2.06. The Morgan fingerprint density at radius 1 is 1.19 bits per heavy atom. The van der Waals surface area contributed by atoms with Crippen LogP contribution >= 0.6 is 0 Å². The van der Waals surface area contributed by atoms with Crippen LogP contribution in [0.15, 0.2) is 30.3 Å². The third kappa shape index (κ3) is 3.13. The van der Waals surface area contributed by atoms with E-state index < -0.39 is 11.7 Å². The van der Waals surface area contributed by atoms with Gasteiger partial charge in [0.05, 0.1) is 12.7 Å². The Labute approximate surface area is 122 Å². The van der Waals surface area contributed by atoms with Crippen molar-refractivity contribution in [3.63, 3.8) is 0 Å². The van der Waals surface area contributed by atoms with Gasteiger partial charge in [-0.25, -0.2) is 4.39 Å². The minimum absolute atomic E-state index is 0.0669. The second-order valence-electron chi connectivity index (χ2n) is 4.83. The van der Waals surface area contributed by atoms with Gasteiger partial charge in [-0.1, -0.05) is 0 Å². The van der Waals surface area contributed by atoms with Crippen molar-refractivity contribution >= 4 is 17.3 Å². The van der Waals surface area contributed by atoms with Gasteiger partial charge < -0.3 is 15.8 Å².